The summed E-state index contributed by atoms with van der Waals surface area (Å²) < 4.78 is 0.216. The lowest BCUT2D eigenvalue weighted by Crippen LogP contribution is -2.39. The molecule has 0 saturated heterocycles. The Labute approximate surface area is 123 Å². The molecule has 0 aromatic carbocycles. The molecular formula is C13H22N2O2S2. The van der Waals surface area contributed by atoms with Crippen molar-refractivity contribution >= 4 is 29.1 Å². The monoisotopic (exact) mass is 302 g/mol. The van der Waals surface area contributed by atoms with E-state index < -0.39 is 6.10 Å². The van der Waals surface area contributed by atoms with Gasteiger partial charge in [-0.2, -0.15) is 23.1 Å². The summed E-state index contributed by atoms with van der Waals surface area (Å²) in [4.78, 5) is 11.5. The molecule has 0 aliphatic rings. The molecule has 1 unspecified atom stereocenters. The first-order valence-electron chi connectivity index (χ1n) is 6.24. The Morgan fingerprint density at radius 2 is 2.21 bits per heavy atom. The zero-order valence-corrected chi connectivity index (χ0v) is 13.2. The minimum atomic E-state index is -0.638. The van der Waals surface area contributed by atoms with Crippen LogP contribution >= 0.6 is 23.1 Å². The zero-order chi connectivity index (χ0) is 14.3. The minimum absolute atomic E-state index is 0.216. The van der Waals surface area contributed by atoms with Gasteiger partial charge in [0.1, 0.15) is 0 Å². The second-order valence-corrected chi connectivity index (χ2v) is 7.87. The van der Waals surface area contributed by atoms with E-state index in [1.54, 1.807) is 0 Å². The van der Waals surface area contributed by atoms with Crippen LogP contribution in [-0.2, 0) is 0 Å². The molecule has 1 aromatic heterocycles. The molecule has 0 spiro atoms. The SMILES string of the molecule is CC(C)(C)SCCNC(=O)NCC(O)c1ccsc1. The molecule has 6 heteroatoms. The molecule has 3 N–H and O–H groups in total. The van der Waals surface area contributed by atoms with Crippen LogP contribution < -0.4 is 10.6 Å². The number of thioether (sulfide) groups is 1. The predicted molar refractivity (Wildman–Crippen MR) is 82.9 cm³/mol. The zero-order valence-electron chi connectivity index (χ0n) is 11.6. The van der Waals surface area contributed by atoms with E-state index in [0.717, 1.165) is 11.3 Å². The number of amides is 2. The number of hydrogen-bond acceptors (Lipinski definition) is 4. The summed E-state index contributed by atoms with van der Waals surface area (Å²) in [6.45, 7) is 7.30. The molecule has 19 heavy (non-hydrogen) atoms. The Morgan fingerprint density at radius 3 is 2.79 bits per heavy atom. The van der Waals surface area contributed by atoms with Crippen molar-refractivity contribution in [1.82, 2.24) is 10.6 Å². The van der Waals surface area contributed by atoms with Crippen LogP contribution in [-0.4, -0.2) is 34.7 Å². The second kappa shape index (κ2) is 7.77. The van der Waals surface area contributed by atoms with Gasteiger partial charge in [0.2, 0.25) is 0 Å². The van der Waals surface area contributed by atoms with Crippen LogP contribution in [0.4, 0.5) is 4.79 Å². The molecule has 0 saturated carbocycles. The van der Waals surface area contributed by atoms with Crippen molar-refractivity contribution in [1.29, 1.82) is 0 Å². The molecule has 0 fully saturated rings. The highest BCUT2D eigenvalue weighted by Gasteiger charge is 2.11. The average Bonchev–Trinajstić information content (AvgIpc) is 2.84. The Hall–Kier alpha value is -0.720. The highest BCUT2D eigenvalue weighted by Crippen LogP contribution is 2.21. The first-order valence-corrected chi connectivity index (χ1v) is 8.17. The maximum atomic E-state index is 11.5. The number of nitrogens with one attached hydrogen (secondary N) is 2. The van der Waals surface area contributed by atoms with Crippen LogP contribution in [0.3, 0.4) is 0 Å². The number of aliphatic hydroxyl groups is 1. The van der Waals surface area contributed by atoms with Crippen LogP contribution in [0, 0.1) is 0 Å². The number of aliphatic hydroxyl groups excluding tert-OH is 1. The van der Waals surface area contributed by atoms with Gasteiger partial charge >= 0.3 is 6.03 Å². The summed E-state index contributed by atoms with van der Waals surface area (Å²) in [7, 11) is 0. The molecule has 1 aromatic rings. The van der Waals surface area contributed by atoms with Crippen molar-refractivity contribution in [3.05, 3.63) is 22.4 Å². The summed E-state index contributed by atoms with van der Waals surface area (Å²) in [6.07, 6.45) is -0.638. The molecule has 1 heterocycles. The van der Waals surface area contributed by atoms with E-state index in [4.69, 9.17) is 0 Å². The minimum Gasteiger partial charge on any atom is -0.387 e. The standard InChI is InChI=1S/C13H22N2O2S2/c1-13(2,3)19-7-5-14-12(17)15-8-11(16)10-4-6-18-9-10/h4,6,9,11,16H,5,7-8H2,1-3H3,(H2,14,15,17). The maximum absolute atomic E-state index is 11.5. The first kappa shape index (κ1) is 16.3. The third kappa shape index (κ3) is 7.44. The predicted octanol–water partition coefficient (Wildman–Crippen LogP) is 2.61. The Bertz CT molecular complexity index is 374. The highest BCUT2D eigenvalue weighted by atomic mass is 32.2. The van der Waals surface area contributed by atoms with Crippen molar-refractivity contribution in [3.63, 3.8) is 0 Å². The van der Waals surface area contributed by atoms with Crippen LogP contribution in [0.1, 0.15) is 32.4 Å². The van der Waals surface area contributed by atoms with Gasteiger partial charge in [-0.25, -0.2) is 4.79 Å². The fourth-order valence-electron chi connectivity index (χ4n) is 1.36. The highest BCUT2D eigenvalue weighted by molar-refractivity contribution is 8.00. The van der Waals surface area contributed by atoms with E-state index in [9.17, 15) is 9.90 Å². The van der Waals surface area contributed by atoms with Crippen LogP contribution in [0.15, 0.2) is 16.8 Å². The van der Waals surface area contributed by atoms with Gasteiger partial charge in [0.25, 0.3) is 0 Å². The average molecular weight is 302 g/mol. The van der Waals surface area contributed by atoms with E-state index in [0.29, 0.717) is 6.54 Å². The van der Waals surface area contributed by atoms with E-state index >= 15 is 0 Å². The lowest BCUT2D eigenvalue weighted by Gasteiger charge is -2.17. The number of rotatable bonds is 6. The van der Waals surface area contributed by atoms with Gasteiger partial charge in [-0.05, 0) is 22.4 Å². The topological polar surface area (TPSA) is 61.4 Å². The molecule has 0 aliphatic carbocycles. The van der Waals surface area contributed by atoms with Crippen LogP contribution in [0.25, 0.3) is 0 Å². The Balaban J connectivity index is 2.11. The third-order valence-corrected chi connectivity index (χ3v) is 4.28. The fourth-order valence-corrected chi connectivity index (χ4v) is 2.88. The van der Waals surface area contributed by atoms with Gasteiger partial charge in [-0.15, -0.1) is 0 Å². The molecule has 2 amide bonds. The number of thiophene rings is 1. The lowest BCUT2D eigenvalue weighted by atomic mass is 10.2. The molecule has 1 atom stereocenters. The van der Waals surface area contributed by atoms with Crippen molar-refractivity contribution < 1.29 is 9.90 Å². The summed E-state index contributed by atoms with van der Waals surface area (Å²) in [6, 6.07) is 1.62. The fraction of sp³-hybridized carbons (Fsp3) is 0.615. The van der Waals surface area contributed by atoms with E-state index in [2.05, 4.69) is 31.4 Å². The van der Waals surface area contributed by atoms with E-state index in [1.807, 2.05) is 28.6 Å². The quantitative estimate of drug-likeness (QED) is 0.708. The van der Waals surface area contributed by atoms with E-state index in [-0.39, 0.29) is 17.3 Å². The lowest BCUT2D eigenvalue weighted by molar-refractivity contribution is 0.173. The first-order chi connectivity index (χ1) is 8.88. The summed E-state index contributed by atoms with van der Waals surface area (Å²) in [5.74, 6) is 0.879. The maximum Gasteiger partial charge on any atom is 0.314 e. The summed E-state index contributed by atoms with van der Waals surface area (Å²) >= 11 is 3.34. The van der Waals surface area contributed by atoms with Gasteiger partial charge < -0.3 is 15.7 Å². The second-order valence-electron chi connectivity index (χ2n) is 5.17. The van der Waals surface area contributed by atoms with Gasteiger partial charge in [-0.3, -0.25) is 0 Å². The van der Waals surface area contributed by atoms with Gasteiger partial charge in [0.15, 0.2) is 0 Å². The smallest absolute Gasteiger partial charge is 0.314 e. The van der Waals surface area contributed by atoms with Crippen molar-refractivity contribution in [2.45, 2.75) is 31.6 Å². The Morgan fingerprint density at radius 1 is 1.47 bits per heavy atom. The molecule has 0 aliphatic heterocycles. The van der Waals surface area contributed by atoms with E-state index in [1.165, 1.54) is 11.3 Å². The molecular weight excluding hydrogens is 280 g/mol. The molecule has 4 nitrogen and oxygen atoms in total. The third-order valence-electron chi connectivity index (χ3n) is 2.31. The molecule has 0 radical (unpaired) electrons. The molecule has 108 valence electrons. The number of urea groups is 1. The van der Waals surface area contributed by atoms with Gasteiger partial charge in [0, 0.05) is 23.6 Å². The molecule has 1 rings (SSSR count). The van der Waals surface area contributed by atoms with Gasteiger partial charge in [-0.1, -0.05) is 20.8 Å². The normalized spacial score (nSPS) is 13.1. The van der Waals surface area contributed by atoms with Crippen LogP contribution in [0.5, 0.6) is 0 Å². The summed E-state index contributed by atoms with van der Waals surface area (Å²) in [5.41, 5.74) is 0.841. The van der Waals surface area contributed by atoms with Crippen LogP contribution in [0.2, 0.25) is 0 Å². The van der Waals surface area contributed by atoms with Crippen molar-refractivity contribution in [3.8, 4) is 0 Å². The largest absolute Gasteiger partial charge is 0.387 e. The number of carbonyl (C=O) groups excluding carboxylic acids is 1. The summed E-state index contributed by atoms with van der Waals surface area (Å²) in [5, 5.41) is 19.0. The van der Waals surface area contributed by atoms with Crippen molar-refractivity contribution in [2.75, 3.05) is 18.8 Å². The molecule has 0 bridgehead atoms. The van der Waals surface area contributed by atoms with Gasteiger partial charge in [0.05, 0.1) is 6.10 Å². The number of carbonyl (C=O) groups is 1. The Kier molecular flexibility index (Phi) is 6.68. The van der Waals surface area contributed by atoms with Crippen molar-refractivity contribution in [2.24, 2.45) is 0 Å². The number of hydrogen-bond donors (Lipinski definition) is 3.